The number of carbonyl (C=O) groups excluding carboxylic acids is 1. The van der Waals surface area contributed by atoms with E-state index in [4.69, 9.17) is 9.47 Å². The summed E-state index contributed by atoms with van der Waals surface area (Å²) in [6.45, 7) is 3.72. The highest BCUT2D eigenvalue weighted by molar-refractivity contribution is 5.76. The second kappa shape index (κ2) is 41.9. The van der Waals surface area contributed by atoms with Crippen molar-refractivity contribution < 1.29 is 39.8 Å². The Balaban J connectivity index is 2.36. The largest absolute Gasteiger partial charge is 0.394 e. The summed E-state index contributed by atoms with van der Waals surface area (Å²) < 4.78 is 11.2. The van der Waals surface area contributed by atoms with Crippen LogP contribution in [-0.4, -0.2) is 87.5 Å². The highest BCUT2D eigenvalue weighted by Crippen LogP contribution is 2.22. The molecule has 1 aliphatic heterocycles. The Hall–Kier alpha value is -2.11. The molecule has 1 rings (SSSR count). The van der Waals surface area contributed by atoms with Gasteiger partial charge in [0.2, 0.25) is 5.91 Å². The fourth-order valence-corrected chi connectivity index (χ4v) is 7.53. The van der Waals surface area contributed by atoms with Crippen molar-refractivity contribution in [2.45, 2.75) is 249 Å². The second-order valence-corrected chi connectivity index (χ2v) is 17.3. The quantitative estimate of drug-likeness (QED) is 0.0202. The highest BCUT2D eigenvalue weighted by Gasteiger charge is 2.44. The number of hydrogen-bond donors (Lipinski definition) is 6. The highest BCUT2D eigenvalue weighted by atomic mass is 16.7. The first-order chi connectivity index (χ1) is 29.8. The molecule has 0 bridgehead atoms. The summed E-state index contributed by atoms with van der Waals surface area (Å²) >= 11 is 0. The van der Waals surface area contributed by atoms with Crippen LogP contribution < -0.4 is 5.32 Å². The van der Waals surface area contributed by atoms with E-state index in [0.717, 1.165) is 51.4 Å². The number of amides is 1. The third-order valence-corrected chi connectivity index (χ3v) is 11.6. The summed E-state index contributed by atoms with van der Waals surface area (Å²) in [6.07, 6.45) is 48.3. The Morgan fingerprint density at radius 3 is 1.51 bits per heavy atom. The first-order valence-electron chi connectivity index (χ1n) is 25.0. The zero-order valence-electron chi connectivity index (χ0n) is 38.9. The number of aliphatic hydroxyl groups is 5. The maximum atomic E-state index is 13.0. The minimum Gasteiger partial charge on any atom is -0.394 e. The molecule has 7 atom stereocenters. The molecule has 1 saturated heterocycles. The van der Waals surface area contributed by atoms with E-state index in [9.17, 15) is 30.3 Å². The minimum absolute atomic E-state index is 0.196. The van der Waals surface area contributed by atoms with Gasteiger partial charge in [0.15, 0.2) is 6.29 Å². The summed E-state index contributed by atoms with van der Waals surface area (Å²) in [5.41, 5.74) is 0. The molecular weight excluding hydrogens is 767 g/mol. The second-order valence-electron chi connectivity index (χ2n) is 17.3. The SMILES string of the molecule is CCCCC/C=C\C=C/CCCCCCCCCCCCC(=O)NC(COC1OC(CO)C(O)C(O)C1O)C(O)/C=C/CC/C=C/CC/C=C/CCCCCCCCCCC. The molecule has 0 aromatic carbocycles. The van der Waals surface area contributed by atoms with E-state index in [-0.39, 0.29) is 12.5 Å². The maximum absolute atomic E-state index is 13.0. The molecule has 9 nitrogen and oxygen atoms in total. The number of allylic oxidation sites excluding steroid dienone is 9. The predicted molar refractivity (Wildman–Crippen MR) is 253 cm³/mol. The van der Waals surface area contributed by atoms with Crippen molar-refractivity contribution in [2.24, 2.45) is 0 Å². The molecule has 61 heavy (non-hydrogen) atoms. The van der Waals surface area contributed by atoms with E-state index in [0.29, 0.717) is 6.42 Å². The number of rotatable bonds is 41. The van der Waals surface area contributed by atoms with Gasteiger partial charge in [-0.1, -0.05) is 190 Å². The van der Waals surface area contributed by atoms with E-state index in [1.54, 1.807) is 6.08 Å². The van der Waals surface area contributed by atoms with Crippen LogP contribution in [0.25, 0.3) is 0 Å². The first-order valence-corrected chi connectivity index (χ1v) is 25.0. The molecule has 0 spiro atoms. The monoisotopic (exact) mass is 860 g/mol. The van der Waals surface area contributed by atoms with Crippen LogP contribution in [0.15, 0.2) is 60.8 Å². The summed E-state index contributed by atoms with van der Waals surface area (Å²) in [4.78, 5) is 13.0. The molecular formula is C52H93NO8. The van der Waals surface area contributed by atoms with Gasteiger partial charge in [-0.15, -0.1) is 0 Å². The molecule has 7 unspecified atom stereocenters. The number of aliphatic hydroxyl groups excluding tert-OH is 5. The number of nitrogens with one attached hydrogen (secondary N) is 1. The molecule has 354 valence electrons. The zero-order chi connectivity index (χ0) is 44.4. The standard InChI is InChI=1S/C52H93NO8/c1-3-5-7-9-11-13-15-17-19-21-23-25-27-29-31-33-35-37-39-41-46(55)45(44-60-52-51(59)50(58)49(57)47(43-54)61-52)53-48(56)42-40-38-36-34-32-30-28-26-24-22-20-18-16-14-12-10-8-6-4-2/h12,14,16,18,23,25,31,33,39,41,45-47,49-52,54-55,57-59H,3-11,13,15,17,19-22,24,26-30,32,34-38,40,42-44H2,1-2H3,(H,53,56)/b14-12-,18-16-,25-23+,33-31+,41-39+. The van der Waals surface area contributed by atoms with Crippen LogP contribution in [0.1, 0.15) is 206 Å². The molecule has 1 fully saturated rings. The Bertz CT molecular complexity index is 1140. The summed E-state index contributed by atoms with van der Waals surface area (Å²) in [5, 5.41) is 54.3. The third-order valence-electron chi connectivity index (χ3n) is 11.6. The van der Waals surface area contributed by atoms with Crippen molar-refractivity contribution in [2.75, 3.05) is 13.2 Å². The van der Waals surface area contributed by atoms with Gasteiger partial charge in [0, 0.05) is 6.42 Å². The number of ether oxygens (including phenoxy) is 2. The minimum atomic E-state index is -1.58. The summed E-state index contributed by atoms with van der Waals surface area (Å²) in [7, 11) is 0. The smallest absolute Gasteiger partial charge is 0.220 e. The lowest BCUT2D eigenvalue weighted by Gasteiger charge is -2.40. The lowest BCUT2D eigenvalue weighted by Crippen LogP contribution is -2.60. The van der Waals surface area contributed by atoms with Gasteiger partial charge >= 0.3 is 0 Å². The van der Waals surface area contributed by atoms with Crippen LogP contribution in [0.5, 0.6) is 0 Å². The third kappa shape index (κ3) is 32.2. The van der Waals surface area contributed by atoms with Crippen molar-refractivity contribution in [1.82, 2.24) is 5.32 Å². The van der Waals surface area contributed by atoms with Crippen molar-refractivity contribution in [1.29, 1.82) is 0 Å². The Labute approximate surface area is 373 Å². The molecule has 0 aromatic rings. The molecule has 0 radical (unpaired) electrons. The Kier molecular flexibility index (Phi) is 39.1. The van der Waals surface area contributed by atoms with Crippen LogP contribution in [-0.2, 0) is 14.3 Å². The van der Waals surface area contributed by atoms with Gasteiger partial charge in [0.05, 0.1) is 25.4 Å². The van der Waals surface area contributed by atoms with Gasteiger partial charge in [0.1, 0.15) is 24.4 Å². The predicted octanol–water partition coefficient (Wildman–Crippen LogP) is 11.2. The normalized spacial score (nSPS) is 20.9. The topological polar surface area (TPSA) is 149 Å². The van der Waals surface area contributed by atoms with Gasteiger partial charge in [-0.25, -0.2) is 0 Å². The van der Waals surface area contributed by atoms with Crippen molar-refractivity contribution in [3.63, 3.8) is 0 Å². The van der Waals surface area contributed by atoms with Crippen molar-refractivity contribution >= 4 is 5.91 Å². The van der Waals surface area contributed by atoms with E-state index >= 15 is 0 Å². The number of hydrogen-bond acceptors (Lipinski definition) is 8. The van der Waals surface area contributed by atoms with Crippen LogP contribution in [0.4, 0.5) is 0 Å². The van der Waals surface area contributed by atoms with Gasteiger partial charge < -0.3 is 40.3 Å². The van der Waals surface area contributed by atoms with Crippen LogP contribution in [0.3, 0.4) is 0 Å². The van der Waals surface area contributed by atoms with Crippen LogP contribution in [0, 0.1) is 0 Å². The Morgan fingerprint density at radius 1 is 0.557 bits per heavy atom. The molecule has 1 aliphatic rings. The van der Waals surface area contributed by atoms with Crippen molar-refractivity contribution in [3.05, 3.63) is 60.8 Å². The van der Waals surface area contributed by atoms with Gasteiger partial charge in [0.25, 0.3) is 0 Å². The van der Waals surface area contributed by atoms with Gasteiger partial charge in [-0.2, -0.15) is 0 Å². The molecule has 6 N–H and O–H groups in total. The first kappa shape index (κ1) is 56.9. The lowest BCUT2D eigenvalue weighted by atomic mass is 9.99. The van der Waals surface area contributed by atoms with Gasteiger partial charge in [-0.05, 0) is 70.6 Å². The number of unbranched alkanes of at least 4 members (excludes halogenated alkanes) is 24. The average Bonchev–Trinajstić information content (AvgIpc) is 3.26. The number of carbonyl (C=O) groups is 1. The Morgan fingerprint density at radius 2 is 0.984 bits per heavy atom. The van der Waals surface area contributed by atoms with E-state index in [2.05, 4.69) is 67.8 Å². The zero-order valence-corrected chi connectivity index (χ0v) is 38.9. The molecule has 1 heterocycles. The molecule has 9 heteroatoms. The fraction of sp³-hybridized carbons (Fsp3) is 0.788. The summed E-state index contributed by atoms with van der Waals surface area (Å²) in [6, 6.07) is -0.831. The van der Waals surface area contributed by atoms with Crippen LogP contribution in [0.2, 0.25) is 0 Å². The van der Waals surface area contributed by atoms with E-state index in [1.807, 2.05) is 6.08 Å². The lowest BCUT2D eigenvalue weighted by molar-refractivity contribution is -0.302. The van der Waals surface area contributed by atoms with E-state index in [1.165, 1.54) is 135 Å². The van der Waals surface area contributed by atoms with Gasteiger partial charge in [-0.3, -0.25) is 4.79 Å². The summed E-state index contributed by atoms with van der Waals surface area (Å²) in [5.74, 6) is -0.196. The maximum Gasteiger partial charge on any atom is 0.220 e. The molecule has 0 aromatic heterocycles. The molecule has 0 saturated carbocycles. The average molecular weight is 860 g/mol. The van der Waals surface area contributed by atoms with Crippen LogP contribution >= 0.6 is 0 Å². The molecule has 0 aliphatic carbocycles. The fourth-order valence-electron chi connectivity index (χ4n) is 7.53. The van der Waals surface area contributed by atoms with E-state index < -0.39 is 49.5 Å². The van der Waals surface area contributed by atoms with Crippen molar-refractivity contribution in [3.8, 4) is 0 Å². The molecule has 1 amide bonds.